The summed E-state index contributed by atoms with van der Waals surface area (Å²) in [5, 5.41) is 2.89. The number of carbonyl (C=O) groups excluding carboxylic acids is 2. The maximum Gasteiger partial charge on any atom is 0.249 e. The van der Waals surface area contributed by atoms with Crippen molar-refractivity contribution < 1.29 is 14.3 Å². The van der Waals surface area contributed by atoms with Gasteiger partial charge in [-0.25, -0.2) is 4.98 Å². The molecule has 1 N–H and O–H groups in total. The van der Waals surface area contributed by atoms with Gasteiger partial charge in [0, 0.05) is 30.9 Å². The van der Waals surface area contributed by atoms with Gasteiger partial charge in [0.05, 0.1) is 24.8 Å². The maximum atomic E-state index is 12.9. The minimum absolute atomic E-state index is 0.0960. The summed E-state index contributed by atoms with van der Waals surface area (Å²) < 4.78 is 7.44. The number of nitrogens with zero attached hydrogens (tertiary/aromatic N) is 3. The molecular formula is C24H26N4O3. The fraction of sp³-hybridized carbons (Fsp3) is 0.292. The van der Waals surface area contributed by atoms with Crippen LogP contribution in [-0.2, 0) is 16.0 Å². The highest BCUT2D eigenvalue weighted by molar-refractivity contribution is 6.01. The quantitative estimate of drug-likeness (QED) is 0.640. The molecule has 2 heterocycles. The summed E-state index contributed by atoms with van der Waals surface area (Å²) in [6.45, 7) is 2.48. The predicted octanol–water partition coefficient (Wildman–Crippen LogP) is 3.04. The Hall–Kier alpha value is -3.61. The van der Waals surface area contributed by atoms with Crippen molar-refractivity contribution in [3.05, 3.63) is 72.3 Å². The van der Waals surface area contributed by atoms with Gasteiger partial charge in [0.2, 0.25) is 11.8 Å². The number of anilines is 1. The van der Waals surface area contributed by atoms with Crippen molar-refractivity contribution in [2.24, 2.45) is 0 Å². The smallest absolute Gasteiger partial charge is 0.249 e. The van der Waals surface area contributed by atoms with Crippen molar-refractivity contribution in [3.8, 4) is 11.4 Å². The third-order valence-corrected chi connectivity index (χ3v) is 5.49. The lowest BCUT2D eigenvalue weighted by Crippen LogP contribution is -2.41. The third-order valence-electron chi connectivity index (χ3n) is 5.49. The summed E-state index contributed by atoms with van der Waals surface area (Å²) in [5.41, 5.74) is 3.62. The molecule has 1 atom stereocenters. The highest BCUT2D eigenvalue weighted by Gasteiger charge is 2.33. The average molecular weight is 418 g/mol. The molecule has 1 aliphatic rings. The number of hydrogen-bond donors (Lipinski definition) is 1. The number of aryl methyl sites for hydroxylation is 2. The van der Waals surface area contributed by atoms with Crippen LogP contribution in [-0.4, -0.2) is 41.1 Å². The standard InChI is InChI=1S/C24H26N4O3/c1-17-15-27(16-25-17)21-10-9-19(14-22(21)31-2)28-13-12-20(24(28)30)26-23(29)11-8-18-6-4-3-5-7-18/h3-7,9-10,14-16,20H,8,11-13H2,1-2H3,(H,26,29). The molecule has 31 heavy (non-hydrogen) atoms. The molecule has 1 unspecified atom stereocenters. The average Bonchev–Trinajstić information content (AvgIpc) is 3.38. The number of aromatic nitrogens is 2. The van der Waals surface area contributed by atoms with Crippen LogP contribution in [0.15, 0.2) is 61.1 Å². The fourth-order valence-corrected chi connectivity index (χ4v) is 3.84. The number of benzene rings is 2. The minimum Gasteiger partial charge on any atom is -0.494 e. The Balaban J connectivity index is 1.41. The van der Waals surface area contributed by atoms with Crippen LogP contribution in [0.4, 0.5) is 5.69 Å². The number of methoxy groups -OCH3 is 1. The first-order valence-corrected chi connectivity index (χ1v) is 10.4. The van der Waals surface area contributed by atoms with Crippen molar-refractivity contribution in [1.29, 1.82) is 0 Å². The first-order chi connectivity index (χ1) is 15.0. The van der Waals surface area contributed by atoms with E-state index in [9.17, 15) is 9.59 Å². The molecule has 0 saturated carbocycles. The number of imidazole rings is 1. The van der Waals surface area contributed by atoms with E-state index in [0.717, 1.165) is 22.6 Å². The van der Waals surface area contributed by atoms with Gasteiger partial charge < -0.3 is 19.5 Å². The Morgan fingerprint density at radius 1 is 1.23 bits per heavy atom. The molecule has 3 aromatic rings. The number of hydrogen-bond acceptors (Lipinski definition) is 4. The van der Waals surface area contributed by atoms with Crippen LogP contribution < -0.4 is 15.0 Å². The molecule has 7 heteroatoms. The number of nitrogens with one attached hydrogen (secondary N) is 1. The molecule has 1 aromatic heterocycles. The molecule has 0 bridgehead atoms. The van der Waals surface area contributed by atoms with Crippen LogP contribution in [0.1, 0.15) is 24.1 Å². The van der Waals surface area contributed by atoms with E-state index in [1.807, 2.05) is 66.2 Å². The summed E-state index contributed by atoms with van der Waals surface area (Å²) >= 11 is 0. The number of ether oxygens (including phenoxy) is 1. The Labute approximate surface area is 181 Å². The Morgan fingerprint density at radius 3 is 2.74 bits per heavy atom. The van der Waals surface area contributed by atoms with Crippen LogP contribution in [0.2, 0.25) is 0 Å². The molecule has 0 aliphatic carbocycles. The van der Waals surface area contributed by atoms with Crippen molar-refractivity contribution in [2.75, 3.05) is 18.6 Å². The molecule has 7 nitrogen and oxygen atoms in total. The maximum absolute atomic E-state index is 12.9. The topological polar surface area (TPSA) is 76.5 Å². The second-order valence-electron chi connectivity index (χ2n) is 7.66. The number of amides is 2. The number of rotatable bonds is 7. The van der Waals surface area contributed by atoms with Gasteiger partial charge in [-0.2, -0.15) is 0 Å². The van der Waals surface area contributed by atoms with Gasteiger partial charge in [-0.05, 0) is 37.5 Å². The monoisotopic (exact) mass is 418 g/mol. The van der Waals surface area contributed by atoms with Crippen LogP contribution in [0.3, 0.4) is 0 Å². The predicted molar refractivity (Wildman–Crippen MR) is 119 cm³/mol. The molecule has 0 radical (unpaired) electrons. The second kappa shape index (κ2) is 9.04. The number of carbonyl (C=O) groups is 2. The van der Waals surface area contributed by atoms with Gasteiger partial charge >= 0.3 is 0 Å². The molecular weight excluding hydrogens is 392 g/mol. The van der Waals surface area contributed by atoms with Crippen LogP contribution in [0, 0.1) is 6.92 Å². The lowest BCUT2D eigenvalue weighted by atomic mass is 10.1. The summed E-state index contributed by atoms with van der Waals surface area (Å²) in [5.74, 6) is 0.451. The van der Waals surface area contributed by atoms with Crippen molar-refractivity contribution >= 4 is 17.5 Å². The summed E-state index contributed by atoms with van der Waals surface area (Å²) in [6, 6.07) is 15.0. The van der Waals surface area contributed by atoms with Crippen LogP contribution in [0.25, 0.3) is 5.69 Å². The first-order valence-electron chi connectivity index (χ1n) is 10.4. The molecule has 2 amide bonds. The molecule has 1 saturated heterocycles. The van der Waals surface area contributed by atoms with E-state index in [-0.39, 0.29) is 11.8 Å². The molecule has 0 spiro atoms. The largest absolute Gasteiger partial charge is 0.494 e. The molecule has 4 rings (SSSR count). The molecule has 1 aliphatic heterocycles. The van der Waals surface area contributed by atoms with Gasteiger partial charge in [0.25, 0.3) is 0 Å². The van der Waals surface area contributed by atoms with Crippen LogP contribution in [0.5, 0.6) is 5.75 Å². The summed E-state index contributed by atoms with van der Waals surface area (Å²) in [7, 11) is 1.61. The second-order valence-corrected chi connectivity index (χ2v) is 7.66. The zero-order valence-corrected chi connectivity index (χ0v) is 17.7. The van der Waals surface area contributed by atoms with Crippen molar-refractivity contribution in [3.63, 3.8) is 0 Å². The SMILES string of the molecule is COc1cc(N2CCC(NC(=O)CCc3ccccc3)C2=O)ccc1-n1cnc(C)c1. The molecule has 160 valence electrons. The van der Waals surface area contributed by atoms with Gasteiger partial charge in [-0.15, -0.1) is 0 Å². The van der Waals surface area contributed by atoms with Crippen molar-refractivity contribution in [2.45, 2.75) is 32.2 Å². The first kappa shape index (κ1) is 20.7. The normalized spacial score (nSPS) is 15.9. The zero-order valence-electron chi connectivity index (χ0n) is 17.7. The summed E-state index contributed by atoms with van der Waals surface area (Å²) in [4.78, 5) is 31.2. The van der Waals surface area contributed by atoms with E-state index in [1.54, 1.807) is 18.3 Å². The summed E-state index contributed by atoms with van der Waals surface area (Å²) in [6.07, 6.45) is 5.25. The van der Waals surface area contributed by atoms with Crippen LogP contribution >= 0.6 is 0 Å². The molecule has 2 aromatic carbocycles. The Kier molecular flexibility index (Phi) is 6.02. The van der Waals surface area contributed by atoms with E-state index in [1.165, 1.54) is 0 Å². The van der Waals surface area contributed by atoms with Gasteiger partial charge in [0.1, 0.15) is 11.8 Å². The fourth-order valence-electron chi connectivity index (χ4n) is 3.84. The van der Waals surface area contributed by atoms with Gasteiger partial charge in [-0.1, -0.05) is 30.3 Å². The Morgan fingerprint density at radius 2 is 2.03 bits per heavy atom. The van der Waals surface area contributed by atoms with E-state index < -0.39 is 6.04 Å². The third kappa shape index (κ3) is 4.60. The molecule has 1 fully saturated rings. The Bertz CT molecular complexity index is 1080. The van der Waals surface area contributed by atoms with Crippen molar-refractivity contribution in [1.82, 2.24) is 14.9 Å². The highest BCUT2D eigenvalue weighted by Crippen LogP contribution is 2.31. The van der Waals surface area contributed by atoms with E-state index in [0.29, 0.717) is 31.6 Å². The zero-order chi connectivity index (χ0) is 21.8. The van der Waals surface area contributed by atoms with Gasteiger partial charge in [0.15, 0.2) is 0 Å². The minimum atomic E-state index is -0.495. The lowest BCUT2D eigenvalue weighted by Gasteiger charge is -2.19. The van der Waals surface area contributed by atoms with Gasteiger partial charge in [-0.3, -0.25) is 9.59 Å². The lowest BCUT2D eigenvalue weighted by molar-refractivity contribution is -0.126. The van der Waals surface area contributed by atoms with E-state index in [2.05, 4.69) is 10.3 Å². The van der Waals surface area contributed by atoms with E-state index >= 15 is 0 Å². The highest BCUT2D eigenvalue weighted by atomic mass is 16.5. The van der Waals surface area contributed by atoms with E-state index in [4.69, 9.17) is 4.74 Å².